The van der Waals surface area contributed by atoms with Crippen molar-refractivity contribution in [1.82, 2.24) is 9.80 Å². The highest BCUT2D eigenvalue weighted by Gasteiger charge is 2.39. The van der Waals surface area contributed by atoms with E-state index in [1.165, 1.54) is 11.8 Å². The van der Waals surface area contributed by atoms with E-state index in [0.717, 1.165) is 36.7 Å². The van der Waals surface area contributed by atoms with Crippen molar-refractivity contribution in [2.75, 3.05) is 20.1 Å². The van der Waals surface area contributed by atoms with Crippen LogP contribution in [-0.2, 0) is 0 Å². The molecular weight excluding hydrogens is 311 g/mol. The van der Waals surface area contributed by atoms with Gasteiger partial charge < -0.3 is 9.80 Å². The summed E-state index contributed by atoms with van der Waals surface area (Å²) in [6.07, 6.45) is -2.20. The van der Waals surface area contributed by atoms with Crippen LogP contribution in [0.25, 0.3) is 0 Å². The van der Waals surface area contributed by atoms with Gasteiger partial charge in [-0.1, -0.05) is 6.92 Å². The first-order chi connectivity index (χ1) is 10.2. The molecule has 0 aromatic heterocycles. The molecule has 2 atom stereocenters. The zero-order valence-corrected chi connectivity index (χ0v) is 13.8. The molecule has 0 aromatic carbocycles. The third kappa shape index (κ3) is 3.00. The lowest BCUT2D eigenvalue weighted by Crippen LogP contribution is -2.39. The molecule has 3 heterocycles. The minimum atomic E-state index is -4.16. The summed E-state index contributed by atoms with van der Waals surface area (Å²) in [5, 5.41) is -0.0826. The van der Waals surface area contributed by atoms with E-state index in [1.54, 1.807) is 6.08 Å². The monoisotopic (exact) mass is 331 g/mol. The third-order valence-corrected chi connectivity index (χ3v) is 5.69. The number of amidine groups is 1. The van der Waals surface area contributed by atoms with Gasteiger partial charge in [0, 0.05) is 25.7 Å². The fourth-order valence-electron chi connectivity index (χ4n) is 3.09. The molecule has 3 aliphatic heterocycles. The average Bonchev–Trinajstić information content (AvgIpc) is 2.98. The minimum absolute atomic E-state index is 0.0826. The van der Waals surface area contributed by atoms with Crippen LogP contribution in [0.2, 0.25) is 0 Å². The van der Waals surface area contributed by atoms with Gasteiger partial charge in [0.15, 0.2) is 0 Å². The number of allylic oxidation sites excluding steroid dienone is 1. The van der Waals surface area contributed by atoms with E-state index in [2.05, 4.69) is 16.8 Å². The summed E-state index contributed by atoms with van der Waals surface area (Å²) in [6, 6.07) is 0. The highest BCUT2D eigenvalue weighted by Crippen LogP contribution is 2.46. The first-order valence-electron chi connectivity index (χ1n) is 7.46. The normalized spacial score (nSPS) is 29.0. The number of fused-ring (bicyclic) bond motifs is 1. The van der Waals surface area contributed by atoms with Crippen molar-refractivity contribution in [3.63, 3.8) is 0 Å². The van der Waals surface area contributed by atoms with Crippen molar-refractivity contribution < 1.29 is 13.2 Å². The van der Waals surface area contributed by atoms with Gasteiger partial charge in [0.1, 0.15) is 17.0 Å². The fourth-order valence-corrected chi connectivity index (χ4v) is 4.43. The lowest BCUT2D eigenvalue weighted by atomic mass is 10.1. The number of thioether (sulfide) groups is 1. The van der Waals surface area contributed by atoms with Crippen molar-refractivity contribution in [3.8, 4) is 0 Å². The van der Waals surface area contributed by atoms with E-state index in [4.69, 9.17) is 0 Å². The zero-order valence-electron chi connectivity index (χ0n) is 12.9. The molecule has 1 fully saturated rings. The summed E-state index contributed by atoms with van der Waals surface area (Å²) in [6.45, 7) is 5.97. The molecular formula is C15H20F3N3S. The van der Waals surface area contributed by atoms with E-state index in [9.17, 15) is 13.2 Å². The molecule has 3 aliphatic rings. The Morgan fingerprint density at radius 1 is 1.41 bits per heavy atom. The van der Waals surface area contributed by atoms with Gasteiger partial charge in [0.2, 0.25) is 0 Å². The Bertz CT molecular complexity index is 565. The highest BCUT2D eigenvalue weighted by molar-refractivity contribution is 8.04. The molecule has 3 rings (SSSR count). The van der Waals surface area contributed by atoms with E-state index in [1.807, 2.05) is 18.9 Å². The van der Waals surface area contributed by atoms with Gasteiger partial charge in [-0.05, 0) is 30.2 Å². The van der Waals surface area contributed by atoms with Crippen LogP contribution in [-0.4, -0.2) is 47.3 Å². The van der Waals surface area contributed by atoms with Crippen molar-refractivity contribution in [2.24, 2.45) is 10.9 Å². The third-order valence-electron chi connectivity index (χ3n) is 4.33. The van der Waals surface area contributed by atoms with Gasteiger partial charge in [-0.25, -0.2) is 4.99 Å². The molecule has 0 spiro atoms. The minimum Gasteiger partial charge on any atom is -0.356 e. The van der Waals surface area contributed by atoms with Gasteiger partial charge >= 0.3 is 6.18 Å². The summed E-state index contributed by atoms with van der Waals surface area (Å²) in [4.78, 5) is 9.23. The predicted molar refractivity (Wildman–Crippen MR) is 83.4 cm³/mol. The molecule has 0 amide bonds. The maximum Gasteiger partial charge on any atom is 0.393 e. The van der Waals surface area contributed by atoms with Crippen LogP contribution in [0.3, 0.4) is 0 Å². The molecule has 22 heavy (non-hydrogen) atoms. The van der Waals surface area contributed by atoms with E-state index in [-0.39, 0.29) is 5.37 Å². The van der Waals surface area contributed by atoms with Crippen molar-refractivity contribution >= 4 is 17.6 Å². The van der Waals surface area contributed by atoms with Gasteiger partial charge in [-0.2, -0.15) is 13.2 Å². The van der Waals surface area contributed by atoms with E-state index in [0.29, 0.717) is 10.8 Å². The SMILES string of the molecule is CC1=NC(N2CCC(C)C2)=C2C=C(CC(F)(F)F)SC2N1C. The average molecular weight is 331 g/mol. The fraction of sp³-hybridized carbons (Fsp3) is 0.667. The molecule has 1 saturated heterocycles. The first-order valence-corrected chi connectivity index (χ1v) is 8.34. The van der Waals surface area contributed by atoms with Crippen LogP contribution in [0.15, 0.2) is 27.4 Å². The lowest BCUT2D eigenvalue weighted by molar-refractivity contribution is -0.125. The van der Waals surface area contributed by atoms with Gasteiger partial charge in [0.05, 0.1) is 6.42 Å². The maximum absolute atomic E-state index is 12.7. The van der Waals surface area contributed by atoms with Crippen LogP contribution in [0, 0.1) is 5.92 Å². The van der Waals surface area contributed by atoms with Crippen LogP contribution in [0.5, 0.6) is 0 Å². The van der Waals surface area contributed by atoms with Crippen LogP contribution < -0.4 is 0 Å². The smallest absolute Gasteiger partial charge is 0.356 e. The van der Waals surface area contributed by atoms with Gasteiger partial charge in [0.25, 0.3) is 0 Å². The number of alkyl halides is 3. The summed E-state index contributed by atoms with van der Waals surface area (Å²) >= 11 is 1.30. The Kier molecular flexibility index (Phi) is 3.95. The lowest BCUT2D eigenvalue weighted by Gasteiger charge is -2.34. The first kappa shape index (κ1) is 15.8. The van der Waals surface area contributed by atoms with E-state index >= 15 is 0 Å². The van der Waals surface area contributed by atoms with Crippen LogP contribution in [0.1, 0.15) is 26.7 Å². The molecule has 0 aromatic rings. The molecule has 2 unspecified atom stereocenters. The second kappa shape index (κ2) is 5.51. The standard InChI is InChI=1S/C15H20F3N3S/c1-9-4-5-21(8-9)13-12-6-11(7-15(16,17)18)22-14(12)20(3)10(2)19-13/h6,9,14H,4-5,7-8H2,1-3H3. The molecule has 0 aliphatic carbocycles. The Morgan fingerprint density at radius 3 is 2.73 bits per heavy atom. The molecule has 7 heteroatoms. The Balaban J connectivity index is 1.93. The summed E-state index contributed by atoms with van der Waals surface area (Å²) in [5.41, 5.74) is 0.923. The predicted octanol–water partition coefficient (Wildman–Crippen LogP) is 3.81. The van der Waals surface area contributed by atoms with E-state index < -0.39 is 12.6 Å². The molecule has 0 bridgehead atoms. The second-order valence-corrected chi connectivity index (χ2v) is 7.47. The number of halogens is 3. The summed E-state index contributed by atoms with van der Waals surface area (Å²) in [5.74, 6) is 2.33. The molecule has 0 saturated carbocycles. The zero-order chi connectivity index (χ0) is 16.1. The van der Waals surface area contributed by atoms with Gasteiger partial charge in [-0.3, -0.25) is 0 Å². The molecule has 3 nitrogen and oxygen atoms in total. The number of likely N-dealkylation sites (tertiary alicyclic amines) is 1. The van der Waals surface area contributed by atoms with Crippen molar-refractivity contribution in [2.45, 2.75) is 38.2 Å². The van der Waals surface area contributed by atoms with Gasteiger partial charge in [-0.15, -0.1) is 11.8 Å². The number of nitrogens with zero attached hydrogens (tertiary/aromatic N) is 3. The number of hydrogen-bond donors (Lipinski definition) is 0. The molecule has 0 radical (unpaired) electrons. The summed E-state index contributed by atoms with van der Waals surface area (Å²) in [7, 11) is 1.89. The van der Waals surface area contributed by atoms with Crippen molar-refractivity contribution in [1.29, 1.82) is 0 Å². The number of aliphatic imine (C=N–C) groups is 1. The quantitative estimate of drug-likeness (QED) is 0.767. The number of likely N-dealkylation sites (N-methyl/N-ethyl adjacent to an activating group) is 1. The van der Waals surface area contributed by atoms with Crippen LogP contribution in [0.4, 0.5) is 13.2 Å². The molecule has 122 valence electrons. The molecule has 0 N–H and O–H groups in total. The maximum atomic E-state index is 12.7. The second-order valence-electron chi connectivity index (χ2n) is 6.26. The summed E-state index contributed by atoms with van der Waals surface area (Å²) < 4.78 is 38.1. The Labute approximate surface area is 132 Å². The Hall–Kier alpha value is -1.11. The topological polar surface area (TPSA) is 18.8 Å². The largest absolute Gasteiger partial charge is 0.393 e. The Morgan fingerprint density at radius 2 is 2.14 bits per heavy atom. The highest BCUT2D eigenvalue weighted by atomic mass is 32.2. The van der Waals surface area contributed by atoms with Crippen LogP contribution >= 0.6 is 11.8 Å². The van der Waals surface area contributed by atoms with Crippen molar-refractivity contribution in [3.05, 3.63) is 22.4 Å². The number of hydrogen-bond acceptors (Lipinski definition) is 4. The number of rotatable bonds is 2.